The normalized spacial score (nSPS) is 16.9. The Balaban J connectivity index is 1.58. The second kappa shape index (κ2) is 6.31. The Morgan fingerprint density at radius 3 is 2.84 bits per heavy atom. The van der Waals surface area contributed by atoms with Crippen LogP contribution in [0.2, 0.25) is 0 Å². The van der Waals surface area contributed by atoms with E-state index in [1.165, 1.54) is 18.2 Å². The summed E-state index contributed by atoms with van der Waals surface area (Å²) in [6, 6.07) is 5.95. The van der Waals surface area contributed by atoms with E-state index in [0.717, 1.165) is 25.0 Å². The molecule has 130 valence electrons. The maximum Gasteiger partial charge on any atom is 0.255 e. The van der Waals surface area contributed by atoms with Gasteiger partial charge in [-0.3, -0.25) is 14.3 Å². The lowest BCUT2D eigenvalue weighted by Crippen LogP contribution is -2.32. The minimum atomic E-state index is -0.435. The number of hydrogen-bond donors (Lipinski definition) is 1. The van der Waals surface area contributed by atoms with Crippen molar-refractivity contribution in [2.24, 2.45) is 0 Å². The van der Waals surface area contributed by atoms with Gasteiger partial charge in [0.25, 0.3) is 11.8 Å². The standard InChI is InChI=1S/C18H19FN4O2/c19-13-4-1-3-12(9-13)18(25)22-7-2-8-23-16(11-22)15(10-20-23)17(24)21-14-5-6-14/h1,3-4,9-10,14H,2,5-8,11H2,(H,21,24). The number of nitrogens with zero attached hydrogens (tertiary/aromatic N) is 3. The van der Waals surface area contributed by atoms with Gasteiger partial charge >= 0.3 is 0 Å². The molecule has 7 heteroatoms. The molecule has 0 bridgehead atoms. The minimum Gasteiger partial charge on any atom is -0.349 e. The quantitative estimate of drug-likeness (QED) is 0.927. The second-order valence-electron chi connectivity index (χ2n) is 6.57. The molecule has 1 aliphatic heterocycles. The van der Waals surface area contributed by atoms with Gasteiger partial charge in [0.1, 0.15) is 5.82 Å². The summed E-state index contributed by atoms with van der Waals surface area (Å²) in [7, 11) is 0. The lowest BCUT2D eigenvalue weighted by molar-refractivity contribution is 0.0742. The monoisotopic (exact) mass is 342 g/mol. The van der Waals surface area contributed by atoms with Gasteiger partial charge in [0, 0.05) is 24.7 Å². The van der Waals surface area contributed by atoms with Crippen molar-refractivity contribution < 1.29 is 14.0 Å². The summed E-state index contributed by atoms with van der Waals surface area (Å²) >= 11 is 0. The molecule has 25 heavy (non-hydrogen) atoms. The largest absolute Gasteiger partial charge is 0.349 e. The Kier molecular flexibility index (Phi) is 3.99. The van der Waals surface area contributed by atoms with Crippen LogP contribution in [0.4, 0.5) is 4.39 Å². The van der Waals surface area contributed by atoms with Crippen molar-refractivity contribution in [2.45, 2.75) is 38.4 Å². The van der Waals surface area contributed by atoms with E-state index >= 15 is 0 Å². The predicted molar refractivity (Wildman–Crippen MR) is 88.5 cm³/mol. The molecule has 2 aromatic rings. The Hall–Kier alpha value is -2.70. The van der Waals surface area contributed by atoms with Crippen LogP contribution in [0, 0.1) is 5.82 Å². The highest BCUT2D eigenvalue weighted by Crippen LogP contribution is 2.22. The summed E-state index contributed by atoms with van der Waals surface area (Å²) in [6.45, 7) is 1.49. The molecule has 1 N–H and O–H groups in total. The Labute approximate surface area is 144 Å². The third-order valence-electron chi connectivity index (χ3n) is 4.60. The van der Waals surface area contributed by atoms with E-state index in [9.17, 15) is 14.0 Å². The Morgan fingerprint density at radius 1 is 1.24 bits per heavy atom. The van der Waals surface area contributed by atoms with Gasteiger partial charge in [-0.2, -0.15) is 5.10 Å². The van der Waals surface area contributed by atoms with E-state index in [4.69, 9.17) is 0 Å². The van der Waals surface area contributed by atoms with Crippen LogP contribution < -0.4 is 5.32 Å². The maximum absolute atomic E-state index is 13.4. The minimum absolute atomic E-state index is 0.135. The number of carbonyl (C=O) groups excluding carboxylic acids is 2. The number of nitrogens with one attached hydrogen (secondary N) is 1. The topological polar surface area (TPSA) is 67.2 Å². The number of carbonyl (C=O) groups is 2. The lowest BCUT2D eigenvalue weighted by Gasteiger charge is -2.20. The van der Waals surface area contributed by atoms with Gasteiger partial charge in [0.05, 0.1) is 24.0 Å². The molecule has 0 atom stereocenters. The second-order valence-corrected chi connectivity index (χ2v) is 6.57. The number of amides is 2. The van der Waals surface area contributed by atoms with E-state index in [1.54, 1.807) is 21.8 Å². The molecule has 0 unspecified atom stereocenters. The zero-order valence-electron chi connectivity index (χ0n) is 13.7. The summed E-state index contributed by atoms with van der Waals surface area (Å²) in [4.78, 5) is 26.8. The van der Waals surface area contributed by atoms with E-state index in [-0.39, 0.29) is 17.9 Å². The van der Waals surface area contributed by atoms with Crippen molar-refractivity contribution in [2.75, 3.05) is 6.54 Å². The number of benzene rings is 1. The summed E-state index contributed by atoms with van der Waals surface area (Å²) in [6.07, 6.45) is 4.33. The summed E-state index contributed by atoms with van der Waals surface area (Å²) in [5.74, 6) is -0.804. The molecule has 0 spiro atoms. The summed E-state index contributed by atoms with van der Waals surface area (Å²) in [5, 5.41) is 7.27. The molecule has 1 aliphatic carbocycles. The lowest BCUT2D eigenvalue weighted by atomic mass is 10.1. The third kappa shape index (κ3) is 3.26. The average Bonchev–Trinajstić information content (AvgIpc) is 3.36. The van der Waals surface area contributed by atoms with E-state index < -0.39 is 5.82 Å². The van der Waals surface area contributed by atoms with Gasteiger partial charge in [-0.15, -0.1) is 0 Å². The van der Waals surface area contributed by atoms with Crippen LogP contribution >= 0.6 is 0 Å². The number of aryl methyl sites for hydroxylation is 1. The molecule has 2 amide bonds. The number of hydrogen-bond acceptors (Lipinski definition) is 3. The molecule has 1 fully saturated rings. The van der Waals surface area contributed by atoms with Gasteiger partial charge < -0.3 is 10.2 Å². The third-order valence-corrected chi connectivity index (χ3v) is 4.60. The van der Waals surface area contributed by atoms with Crippen molar-refractivity contribution in [1.29, 1.82) is 0 Å². The number of aromatic nitrogens is 2. The van der Waals surface area contributed by atoms with Crippen LogP contribution in [0.1, 0.15) is 45.7 Å². The molecular formula is C18H19FN4O2. The zero-order valence-corrected chi connectivity index (χ0v) is 13.7. The van der Waals surface area contributed by atoms with Crippen molar-refractivity contribution >= 4 is 11.8 Å². The highest BCUT2D eigenvalue weighted by molar-refractivity contribution is 5.96. The van der Waals surface area contributed by atoms with Crippen LogP contribution in [0.15, 0.2) is 30.5 Å². The van der Waals surface area contributed by atoms with Crippen molar-refractivity contribution in [3.63, 3.8) is 0 Å². The van der Waals surface area contributed by atoms with Crippen molar-refractivity contribution in [3.05, 3.63) is 53.1 Å². The van der Waals surface area contributed by atoms with E-state index in [0.29, 0.717) is 30.8 Å². The summed E-state index contributed by atoms with van der Waals surface area (Å²) < 4.78 is 15.2. The van der Waals surface area contributed by atoms with Gasteiger partial charge in [0.2, 0.25) is 0 Å². The fourth-order valence-electron chi connectivity index (χ4n) is 3.10. The van der Waals surface area contributed by atoms with Gasteiger partial charge in [-0.1, -0.05) is 6.07 Å². The molecular weight excluding hydrogens is 323 g/mol. The molecule has 4 rings (SSSR count). The van der Waals surface area contributed by atoms with E-state index in [1.807, 2.05) is 0 Å². The average molecular weight is 342 g/mol. The smallest absolute Gasteiger partial charge is 0.255 e. The predicted octanol–water partition coefficient (Wildman–Crippen LogP) is 1.96. The number of fused-ring (bicyclic) bond motifs is 1. The number of rotatable bonds is 3. The van der Waals surface area contributed by atoms with Crippen LogP contribution in [0.3, 0.4) is 0 Å². The van der Waals surface area contributed by atoms with Gasteiger partial charge in [-0.25, -0.2) is 4.39 Å². The van der Waals surface area contributed by atoms with Crippen LogP contribution in [-0.2, 0) is 13.1 Å². The fourth-order valence-corrected chi connectivity index (χ4v) is 3.10. The molecule has 2 heterocycles. The Bertz CT molecular complexity index is 828. The molecule has 1 aromatic heterocycles. The first kappa shape index (κ1) is 15.8. The Morgan fingerprint density at radius 2 is 2.08 bits per heavy atom. The first-order chi connectivity index (χ1) is 12.1. The van der Waals surface area contributed by atoms with Crippen LogP contribution in [0.5, 0.6) is 0 Å². The fraction of sp³-hybridized carbons (Fsp3) is 0.389. The highest BCUT2D eigenvalue weighted by atomic mass is 19.1. The summed E-state index contributed by atoms with van der Waals surface area (Å²) in [5.41, 5.74) is 1.57. The van der Waals surface area contributed by atoms with Gasteiger partial charge in [0.15, 0.2) is 0 Å². The molecule has 1 saturated carbocycles. The molecule has 6 nitrogen and oxygen atoms in total. The highest BCUT2D eigenvalue weighted by Gasteiger charge is 2.29. The van der Waals surface area contributed by atoms with Crippen LogP contribution in [0.25, 0.3) is 0 Å². The van der Waals surface area contributed by atoms with Crippen LogP contribution in [-0.4, -0.2) is 39.1 Å². The molecule has 0 radical (unpaired) electrons. The first-order valence-electron chi connectivity index (χ1n) is 8.52. The number of halogens is 1. The molecule has 2 aliphatic rings. The SMILES string of the molecule is O=C(NC1CC1)c1cnn2c1CN(C(=O)c1cccc(F)c1)CCC2. The zero-order chi connectivity index (χ0) is 17.4. The van der Waals surface area contributed by atoms with Gasteiger partial charge in [-0.05, 0) is 37.5 Å². The molecule has 1 aromatic carbocycles. The van der Waals surface area contributed by atoms with Crippen molar-refractivity contribution in [1.82, 2.24) is 20.0 Å². The van der Waals surface area contributed by atoms with Crippen molar-refractivity contribution in [3.8, 4) is 0 Å². The first-order valence-corrected chi connectivity index (χ1v) is 8.52. The van der Waals surface area contributed by atoms with E-state index in [2.05, 4.69) is 10.4 Å². The maximum atomic E-state index is 13.4. The molecule has 0 saturated heterocycles.